The van der Waals surface area contributed by atoms with Gasteiger partial charge in [0.2, 0.25) is 0 Å². The van der Waals surface area contributed by atoms with Crippen molar-refractivity contribution in [2.45, 2.75) is 37.6 Å². The molecule has 1 N–H and O–H groups in total. The van der Waals surface area contributed by atoms with Gasteiger partial charge in [-0.1, -0.05) is 19.1 Å². The summed E-state index contributed by atoms with van der Waals surface area (Å²) < 4.78 is 12.8. The molecule has 0 aromatic heterocycles. The molecular weight excluding hydrogens is 221 g/mol. The van der Waals surface area contributed by atoms with E-state index in [1.165, 1.54) is 24.3 Å². The van der Waals surface area contributed by atoms with Gasteiger partial charge < -0.3 is 5.32 Å². The molecule has 0 spiro atoms. The highest BCUT2D eigenvalue weighted by Gasteiger charge is 2.23. The van der Waals surface area contributed by atoms with Crippen molar-refractivity contribution in [1.82, 2.24) is 5.32 Å². The number of hydrogen-bond donors (Lipinski definition) is 1. The van der Waals surface area contributed by atoms with E-state index >= 15 is 0 Å². The Balaban J connectivity index is 1.92. The molecule has 0 radical (unpaired) electrons. The smallest absolute Gasteiger partial charge is 0.123 e. The quantitative estimate of drug-likeness (QED) is 0.868. The molecule has 1 aliphatic heterocycles. The SMILES string of the molecule is CC1CC(N[C@H](C)c2ccc(F)cc2)CS1. The van der Waals surface area contributed by atoms with Crippen LogP contribution in [0.4, 0.5) is 4.39 Å². The lowest BCUT2D eigenvalue weighted by Crippen LogP contribution is -2.31. The minimum atomic E-state index is -0.166. The topological polar surface area (TPSA) is 12.0 Å². The van der Waals surface area contributed by atoms with Crippen molar-refractivity contribution in [3.63, 3.8) is 0 Å². The Bertz CT molecular complexity index is 338. The second-order valence-electron chi connectivity index (χ2n) is 4.52. The summed E-state index contributed by atoms with van der Waals surface area (Å²) in [5.74, 6) is 1.02. The Morgan fingerprint density at radius 1 is 1.38 bits per heavy atom. The van der Waals surface area contributed by atoms with Crippen molar-refractivity contribution in [1.29, 1.82) is 0 Å². The van der Waals surface area contributed by atoms with Crippen LogP contribution in [-0.2, 0) is 0 Å². The van der Waals surface area contributed by atoms with Crippen LogP contribution in [0.25, 0.3) is 0 Å². The summed E-state index contributed by atoms with van der Waals surface area (Å²) in [6.45, 7) is 4.41. The van der Waals surface area contributed by atoms with Crippen molar-refractivity contribution in [3.05, 3.63) is 35.6 Å². The van der Waals surface area contributed by atoms with Gasteiger partial charge in [-0.2, -0.15) is 11.8 Å². The van der Waals surface area contributed by atoms with Crippen molar-refractivity contribution in [3.8, 4) is 0 Å². The van der Waals surface area contributed by atoms with Gasteiger partial charge in [0.25, 0.3) is 0 Å². The fourth-order valence-electron chi connectivity index (χ4n) is 2.13. The third-order valence-corrected chi connectivity index (χ3v) is 4.41. The van der Waals surface area contributed by atoms with Gasteiger partial charge in [0.05, 0.1) is 0 Å². The lowest BCUT2D eigenvalue weighted by Gasteiger charge is -2.19. The monoisotopic (exact) mass is 239 g/mol. The summed E-state index contributed by atoms with van der Waals surface area (Å²) in [6.07, 6.45) is 1.23. The summed E-state index contributed by atoms with van der Waals surface area (Å²) in [4.78, 5) is 0. The van der Waals surface area contributed by atoms with Gasteiger partial charge in [-0.3, -0.25) is 0 Å². The zero-order chi connectivity index (χ0) is 11.5. The molecule has 1 aromatic carbocycles. The van der Waals surface area contributed by atoms with Crippen LogP contribution in [0.3, 0.4) is 0 Å². The third kappa shape index (κ3) is 2.98. The van der Waals surface area contributed by atoms with E-state index in [-0.39, 0.29) is 5.82 Å². The molecular formula is C13H18FNS. The summed E-state index contributed by atoms with van der Waals surface area (Å²) in [5, 5.41) is 4.36. The Morgan fingerprint density at radius 2 is 2.06 bits per heavy atom. The van der Waals surface area contributed by atoms with Crippen molar-refractivity contribution in [2.24, 2.45) is 0 Å². The molecule has 1 aliphatic rings. The average Bonchev–Trinajstić information content (AvgIpc) is 2.65. The van der Waals surface area contributed by atoms with Crippen LogP contribution in [0, 0.1) is 5.82 Å². The first-order valence-corrected chi connectivity index (χ1v) is 6.83. The molecule has 88 valence electrons. The van der Waals surface area contributed by atoms with Crippen LogP contribution >= 0.6 is 11.8 Å². The summed E-state index contributed by atoms with van der Waals surface area (Å²) >= 11 is 2.02. The zero-order valence-corrected chi connectivity index (χ0v) is 10.6. The fraction of sp³-hybridized carbons (Fsp3) is 0.538. The van der Waals surface area contributed by atoms with E-state index in [1.54, 1.807) is 0 Å². The number of nitrogens with one attached hydrogen (secondary N) is 1. The van der Waals surface area contributed by atoms with Crippen molar-refractivity contribution >= 4 is 11.8 Å². The Kier molecular flexibility index (Phi) is 3.87. The van der Waals surface area contributed by atoms with Gasteiger partial charge in [-0.25, -0.2) is 4.39 Å². The van der Waals surface area contributed by atoms with Gasteiger partial charge in [-0.15, -0.1) is 0 Å². The molecule has 0 amide bonds. The zero-order valence-electron chi connectivity index (χ0n) is 9.74. The first-order valence-electron chi connectivity index (χ1n) is 5.78. The minimum Gasteiger partial charge on any atom is -0.307 e. The van der Waals surface area contributed by atoms with Crippen LogP contribution in [0.1, 0.15) is 31.9 Å². The second kappa shape index (κ2) is 5.19. The predicted molar refractivity (Wildman–Crippen MR) is 68.3 cm³/mol. The third-order valence-electron chi connectivity index (χ3n) is 3.05. The first kappa shape index (κ1) is 11.9. The van der Waals surface area contributed by atoms with Gasteiger partial charge in [0.15, 0.2) is 0 Å². The first-order chi connectivity index (χ1) is 7.65. The Morgan fingerprint density at radius 3 is 2.62 bits per heavy atom. The maximum Gasteiger partial charge on any atom is 0.123 e. The van der Waals surface area contributed by atoms with E-state index in [0.29, 0.717) is 12.1 Å². The molecule has 3 heteroatoms. The summed E-state index contributed by atoms with van der Waals surface area (Å²) in [5.41, 5.74) is 1.16. The van der Waals surface area contributed by atoms with Crippen LogP contribution in [0.2, 0.25) is 0 Å². The Hall–Kier alpha value is -0.540. The number of benzene rings is 1. The molecule has 1 nitrogen and oxygen atoms in total. The molecule has 2 rings (SSSR count). The highest BCUT2D eigenvalue weighted by atomic mass is 32.2. The summed E-state index contributed by atoms with van der Waals surface area (Å²) in [6, 6.07) is 7.67. The fourth-order valence-corrected chi connectivity index (χ4v) is 3.30. The van der Waals surface area contributed by atoms with E-state index < -0.39 is 0 Å². The summed E-state index contributed by atoms with van der Waals surface area (Å²) in [7, 11) is 0. The van der Waals surface area contributed by atoms with E-state index in [1.807, 2.05) is 23.9 Å². The predicted octanol–water partition coefficient (Wildman–Crippen LogP) is 3.37. The number of rotatable bonds is 3. The average molecular weight is 239 g/mol. The molecule has 1 aromatic rings. The molecule has 0 aliphatic carbocycles. The van der Waals surface area contributed by atoms with Crippen molar-refractivity contribution in [2.75, 3.05) is 5.75 Å². The molecule has 1 heterocycles. The largest absolute Gasteiger partial charge is 0.307 e. The van der Waals surface area contributed by atoms with E-state index in [2.05, 4.69) is 19.2 Å². The van der Waals surface area contributed by atoms with Gasteiger partial charge in [-0.05, 0) is 31.0 Å². The molecule has 1 saturated heterocycles. The number of thioether (sulfide) groups is 1. The maximum atomic E-state index is 12.8. The van der Waals surface area contributed by atoms with E-state index in [9.17, 15) is 4.39 Å². The highest BCUT2D eigenvalue weighted by Crippen LogP contribution is 2.27. The minimum absolute atomic E-state index is 0.166. The molecule has 16 heavy (non-hydrogen) atoms. The van der Waals surface area contributed by atoms with Crippen LogP contribution in [0.15, 0.2) is 24.3 Å². The van der Waals surface area contributed by atoms with Crippen LogP contribution in [0.5, 0.6) is 0 Å². The molecule has 2 unspecified atom stereocenters. The molecule has 1 fully saturated rings. The van der Waals surface area contributed by atoms with Gasteiger partial charge in [0, 0.05) is 23.1 Å². The molecule has 0 saturated carbocycles. The normalized spacial score (nSPS) is 26.9. The second-order valence-corrected chi connectivity index (χ2v) is 5.99. The van der Waals surface area contributed by atoms with Gasteiger partial charge in [0.1, 0.15) is 5.82 Å². The standard InChI is InChI=1S/C13H18FNS/c1-9-7-13(8-16-9)15-10(2)11-3-5-12(14)6-4-11/h3-6,9-10,13,15H,7-8H2,1-2H3/t9?,10-,13?/m1/s1. The maximum absolute atomic E-state index is 12.8. The van der Waals surface area contributed by atoms with E-state index in [0.717, 1.165) is 10.8 Å². The Labute approximate surface area is 101 Å². The van der Waals surface area contributed by atoms with Crippen LogP contribution < -0.4 is 5.32 Å². The lowest BCUT2D eigenvalue weighted by molar-refractivity contribution is 0.474. The van der Waals surface area contributed by atoms with E-state index in [4.69, 9.17) is 0 Å². The molecule has 0 bridgehead atoms. The number of hydrogen-bond acceptors (Lipinski definition) is 2. The number of halogens is 1. The highest BCUT2D eigenvalue weighted by molar-refractivity contribution is 8.00. The molecule has 3 atom stereocenters. The lowest BCUT2D eigenvalue weighted by atomic mass is 10.1. The van der Waals surface area contributed by atoms with Crippen molar-refractivity contribution < 1.29 is 4.39 Å². The van der Waals surface area contributed by atoms with Crippen LogP contribution in [-0.4, -0.2) is 17.0 Å². The van der Waals surface area contributed by atoms with Gasteiger partial charge >= 0.3 is 0 Å².